The van der Waals surface area contributed by atoms with Gasteiger partial charge in [-0.25, -0.2) is 0 Å². The van der Waals surface area contributed by atoms with Crippen molar-refractivity contribution in [3.8, 4) is 0 Å². The summed E-state index contributed by atoms with van der Waals surface area (Å²) in [5.74, 6) is 1.99. The van der Waals surface area contributed by atoms with Crippen LogP contribution in [-0.2, 0) is 9.53 Å². The van der Waals surface area contributed by atoms with E-state index in [2.05, 4.69) is 58.1 Å². The minimum Gasteiger partial charge on any atom is -0.378 e. The highest BCUT2D eigenvalue weighted by molar-refractivity contribution is 5.79. The highest BCUT2D eigenvalue weighted by atomic mass is 16.5. The number of rotatable bonds is 10. The first kappa shape index (κ1) is 26.9. The van der Waals surface area contributed by atoms with Gasteiger partial charge >= 0.3 is 0 Å². The van der Waals surface area contributed by atoms with Crippen LogP contribution in [0.5, 0.6) is 0 Å². The maximum Gasteiger partial charge on any atom is 0.233 e. The molecule has 2 fully saturated rings. The number of piperidine rings is 1. The summed E-state index contributed by atoms with van der Waals surface area (Å²) >= 11 is 0. The van der Waals surface area contributed by atoms with Crippen molar-refractivity contribution in [1.82, 2.24) is 19.9 Å². The SMILES string of the molecule is CCN(CC)C(=O)C1CCCN(c2nc(Nc3ccc(N4CCOCC4)cc3)nc(N(CC)CC)n2)C1. The van der Waals surface area contributed by atoms with E-state index in [1.54, 1.807) is 0 Å². The standard InChI is InChI=1S/C27H42N8O2/c1-5-32(6-2)24(36)21-10-9-15-35(20-21)27-30-25(29-26(31-27)33(7-3)8-4)28-22-11-13-23(14-12-22)34-16-18-37-19-17-34/h11-14,21H,5-10,15-20H2,1-4H3,(H,28,29,30,31). The Kier molecular flexibility index (Phi) is 9.38. The molecule has 3 heterocycles. The van der Waals surface area contributed by atoms with E-state index >= 15 is 0 Å². The number of aromatic nitrogens is 3. The first-order valence-corrected chi connectivity index (χ1v) is 13.8. The number of hydrogen-bond acceptors (Lipinski definition) is 9. The molecule has 0 spiro atoms. The highest BCUT2D eigenvalue weighted by Crippen LogP contribution is 2.26. The van der Waals surface area contributed by atoms with Crippen LogP contribution in [0.2, 0.25) is 0 Å². The molecular weight excluding hydrogens is 468 g/mol. The van der Waals surface area contributed by atoms with Crippen molar-refractivity contribution >= 4 is 35.1 Å². The molecule has 4 rings (SSSR count). The Bertz CT molecular complexity index is 1000. The fraction of sp³-hybridized carbons (Fsp3) is 0.630. The van der Waals surface area contributed by atoms with Gasteiger partial charge in [-0.3, -0.25) is 4.79 Å². The molecule has 2 aromatic rings. The lowest BCUT2D eigenvalue weighted by Crippen LogP contribution is -2.45. The minimum absolute atomic E-state index is 0.0357. The van der Waals surface area contributed by atoms with Gasteiger partial charge in [0.1, 0.15) is 0 Å². The van der Waals surface area contributed by atoms with E-state index in [4.69, 9.17) is 19.7 Å². The molecule has 10 heteroatoms. The van der Waals surface area contributed by atoms with Crippen LogP contribution in [0.25, 0.3) is 0 Å². The predicted octanol–water partition coefficient (Wildman–Crippen LogP) is 3.38. The Morgan fingerprint density at radius 2 is 1.65 bits per heavy atom. The summed E-state index contributed by atoms with van der Waals surface area (Å²) in [6.45, 7) is 16.2. The van der Waals surface area contributed by atoms with E-state index in [-0.39, 0.29) is 11.8 Å². The topological polar surface area (TPSA) is 90.0 Å². The summed E-state index contributed by atoms with van der Waals surface area (Å²) in [6, 6.07) is 8.36. The number of ether oxygens (including phenoxy) is 1. The molecule has 2 aliphatic rings. The van der Waals surface area contributed by atoms with Crippen LogP contribution in [0.15, 0.2) is 24.3 Å². The first-order valence-electron chi connectivity index (χ1n) is 13.8. The molecule has 1 amide bonds. The molecule has 1 aromatic carbocycles. The van der Waals surface area contributed by atoms with Crippen molar-refractivity contribution in [2.75, 3.05) is 85.6 Å². The van der Waals surface area contributed by atoms with Gasteiger partial charge in [0.05, 0.1) is 19.1 Å². The fourth-order valence-corrected chi connectivity index (χ4v) is 5.06. The third-order valence-corrected chi connectivity index (χ3v) is 7.29. The first-order chi connectivity index (χ1) is 18.1. The zero-order valence-corrected chi connectivity index (χ0v) is 22.8. The summed E-state index contributed by atoms with van der Waals surface area (Å²) in [7, 11) is 0. The molecule has 1 aromatic heterocycles. The van der Waals surface area contributed by atoms with Gasteiger partial charge in [-0.15, -0.1) is 0 Å². The van der Waals surface area contributed by atoms with Crippen LogP contribution in [-0.4, -0.2) is 91.3 Å². The number of morpholine rings is 1. The molecule has 2 saturated heterocycles. The van der Waals surface area contributed by atoms with Gasteiger partial charge in [-0.2, -0.15) is 15.0 Å². The molecule has 1 N–H and O–H groups in total. The number of carbonyl (C=O) groups is 1. The third kappa shape index (κ3) is 6.60. The molecule has 0 aliphatic carbocycles. The summed E-state index contributed by atoms with van der Waals surface area (Å²) < 4.78 is 5.47. The van der Waals surface area contributed by atoms with Crippen molar-refractivity contribution in [3.05, 3.63) is 24.3 Å². The number of amides is 1. The number of hydrogen-bond donors (Lipinski definition) is 1. The van der Waals surface area contributed by atoms with Gasteiger partial charge in [0.15, 0.2) is 0 Å². The van der Waals surface area contributed by atoms with Gasteiger partial charge in [0.2, 0.25) is 23.8 Å². The Morgan fingerprint density at radius 3 is 2.30 bits per heavy atom. The van der Waals surface area contributed by atoms with E-state index in [0.29, 0.717) is 24.4 Å². The molecular formula is C27H42N8O2. The smallest absolute Gasteiger partial charge is 0.233 e. The minimum atomic E-state index is -0.0357. The lowest BCUT2D eigenvalue weighted by atomic mass is 9.96. The highest BCUT2D eigenvalue weighted by Gasteiger charge is 2.30. The maximum absolute atomic E-state index is 13.1. The quantitative estimate of drug-likeness (QED) is 0.517. The van der Waals surface area contributed by atoms with Crippen molar-refractivity contribution in [3.63, 3.8) is 0 Å². The van der Waals surface area contributed by atoms with Gasteiger partial charge in [-0.1, -0.05) is 0 Å². The summed E-state index contributed by atoms with van der Waals surface area (Å²) in [5.41, 5.74) is 2.11. The average molecular weight is 511 g/mol. The molecule has 202 valence electrons. The third-order valence-electron chi connectivity index (χ3n) is 7.29. The Labute approximate surface area is 221 Å². The van der Waals surface area contributed by atoms with E-state index in [9.17, 15) is 4.79 Å². The molecule has 0 bridgehead atoms. The predicted molar refractivity (Wildman–Crippen MR) is 149 cm³/mol. The van der Waals surface area contributed by atoms with Crippen LogP contribution >= 0.6 is 0 Å². The molecule has 1 atom stereocenters. The summed E-state index contributed by atoms with van der Waals surface area (Å²) in [4.78, 5) is 36.0. The summed E-state index contributed by atoms with van der Waals surface area (Å²) in [5, 5.41) is 3.39. The number of nitrogens with zero attached hydrogens (tertiary/aromatic N) is 7. The fourth-order valence-electron chi connectivity index (χ4n) is 5.06. The van der Waals surface area contributed by atoms with Crippen molar-refractivity contribution in [2.45, 2.75) is 40.5 Å². The number of anilines is 5. The molecule has 1 unspecified atom stereocenters. The summed E-state index contributed by atoms with van der Waals surface area (Å²) in [6.07, 6.45) is 1.84. The van der Waals surface area contributed by atoms with E-state index < -0.39 is 0 Å². The Morgan fingerprint density at radius 1 is 0.946 bits per heavy atom. The molecule has 0 saturated carbocycles. The number of nitrogens with one attached hydrogen (secondary N) is 1. The van der Waals surface area contributed by atoms with Crippen LogP contribution in [0.3, 0.4) is 0 Å². The van der Waals surface area contributed by atoms with Crippen LogP contribution < -0.4 is 20.0 Å². The molecule has 2 aliphatic heterocycles. The zero-order valence-electron chi connectivity index (χ0n) is 22.8. The zero-order chi connectivity index (χ0) is 26.2. The van der Waals surface area contributed by atoms with Gasteiger partial charge < -0.3 is 29.7 Å². The van der Waals surface area contributed by atoms with Crippen molar-refractivity contribution in [2.24, 2.45) is 5.92 Å². The van der Waals surface area contributed by atoms with Crippen LogP contribution in [0.1, 0.15) is 40.5 Å². The maximum atomic E-state index is 13.1. The van der Waals surface area contributed by atoms with Crippen molar-refractivity contribution < 1.29 is 9.53 Å². The molecule has 37 heavy (non-hydrogen) atoms. The van der Waals surface area contributed by atoms with Gasteiger partial charge in [0.25, 0.3) is 0 Å². The lowest BCUT2D eigenvalue weighted by molar-refractivity contribution is -0.135. The van der Waals surface area contributed by atoms with Crippen LogP contribution in [0.4, 0.5) is 29.2 Å². The molecule has 10 nitrogen and oxygen atoms in total. The monoisotopic (exact) mass is 510 g/mol. The van der Waals surface area contributed by atoms with Gasteiger partial charge in [0, 0.05) is 63.7 Å². The van der Waals surface area contributed by atoms with E-state index in [1.165, 1.54) is 5.69 Å². The van der Waals surface area contributed by atoms with E-state index in [0.717, 1.165) is 77.6 Å². The second kappa shape index (κ2) is 12.9. The average Bonchev–Trinajstić information content (AvgIpc) is 2.95. The number of benzene rings is 1. The van der Waals surface area contributed by atoms with Crippen LogP contribution in [0, 0.1) is 5.92 Å². The van der Waals surface area contributed by atoms with E-state index in [1.807, 2.05) is 18.7 Å². The lowest BCUT2D eigenvalue weighted by Gasteiger charge is -2.35. The Balaban J connectivity index is 1.55. The molecule has 0 radical (unpaired) electrons. The van der Waals surface area contributed by atoms with Crippen molar-refractivity contribution in [1.29, 1.82) is 0 Å². The Hall–Kier alpha value is -3.14. The largest absolute Gasteiger partial charge is 0.378 e. The van der Waals surface area contributed by atoms with Gasteiger partial charge in [-0.05, 0) is 64.8 Å². The normalized spacial score (nSPS) is 18.0. The number of carbonyl (C=O) groups excluding carboxylic acids is 1. The second-order valence-corrected chi connectivity index (χ2v) is 9.50. The second-order valence-electron chi connectivity index (χ2n) is 9.50.